The lowest BCUT2D eigenvalue weighted by atomic mass is 9.64. The molecule has 5 heteroatoms. The van der Waals surface area contributed by atoms with Crippen LogP contribution >= 0.6 is 0 Å². The molecule has 1 aromatic heterocycles. The van der Waals surface area contributed by atoms with E-state index in [9.17, 15) is 14.7 Å². The first-order chi connectivity index (χ1) is 9.04. The normalized spacial score (nSPS) is 32.6. The standard InChI is InChI=1S/C14H16N2O3/c1-9-6-10-8-14(7-9,13(18)19)16(10)12(17)11-4-2-3-5-15-11/h2-5,9-10H,6-8H2,1H3,(H,18,19). The van der Waals surface area contributed by atoms with E-state index in [1.54, 1.807) is 24.4 Å². The third-order valence-electron chi connectivity index (χ3n) is 4.26. The average molecular weight is 260 g/mol. The summed E-state index contributed by atoms with van der Waals surface area (Å²) in [6.45, 7) is 2.05. The lowest BCUT2D eigenvalue weighted by Gasteiger charge is -2.60. The van der Waals surface area contributed by atoms with Crippen molar-refractivity contribution in [2.24, 2.45) is 5.92 Å². The second-order valence-corrected chi connectivity index (χ2v) is 5.63. The number of fused-ring (bicyclic) bond motifs is 2. The van der Waals surface area contributed by atoms with Crippen molar-refractivity contribution in [2.75, 3.05) is 0 Å². The highest BCUT2D eigenvalue weighted by Crippen LogP contribution is 2.50. The first kappa shape index (κ1) is 12.1. The zero-order chi connectivity index (χ0) is 13.6. The molecule has 1 saturated carbocycles. The molecular formula is C14H16N2O3. The zero-order valence-corrected chi connectivity index (χ0v) is 10.7. The third kappa shape index (κ3) is 1.64. The highest BCUT2D eigenvalue weighted by Gasteiger charge is 2.63. The van der Waals surface area contributed by atoms with Crippen molar-refractivity contribution < 1.29 is 14.7 Å². The number of rotatable bonds is 2. The van der Waals surface area contributed by atoms with Gasteiger partial charge in [-0.3, -0.25) is 9.78 Å². The molecule has 3 unspecified atom stereocenters. The Morgan fingerprint density at radius 1 is 1.42 bits per heavy atom. The largest absolute Gasteiger partial charge is 0.479 e. The molecule has 19 heavy (non-hydrogen) atoms. The van der Waals surface area contributed by atoms with Crippen molar-refractivity contribution in [1.82, 2.24) is 9.88 Å². The predicted octanol–water partition coefficient (Wildman–Crippen LogP) is 1.55. The Balaban J connectivity index is 1.93. The fourth-order valence-electron chi connectivity index (χ4n) is 3.56. The third-order valence-corrected chi connectivity index (χ3v) is 4.26. The number of hydrogen-bond acceptors (Lipinski definition) is 3. The summed E-state index contributed by atoms with van der Waals surface area (Å²) in [6.07, 6.45) is 3.55. The van der Waals surface area contributed by atoms with E-state index >= 15 is 0 Å². The van der Waals surface area contributed by atoms with E-state index in [0.29, 0.717) is 24.5 Å². The van der Waals surface area contributed by atoms with Crippen molar-refractivity contribution in [3.63, 3.8) is 0 Å². The summed E-state index contributed by atoms with van der Waals surface area (Å²) in [6, 6.07) is 5.17. The molecule has 1 N–H and O–H groups in total. The predicted molar refractivity (Wildman–Crippen MR) is 67.6 cm³/mol. The molecule has 100 valence electrons. The molecule has 3 heterocycles. The van der Waals surface area contributed by atoms with Crippen LogP contribution in [0.4, 0.5) is 0 Å². The van der Waals surface area contributed by atoms with Gasteiger partial charge in [-0.1, -0.05) is 13.0 Å². The molecule has 2 saturated heterocycles. The molecule has 4 rings (SSSR count). The molecule has 5 nitrogen and oxygen atoms in total. The van der Waals surface area contributed by atoms with Crippen LogP contribution in [0.2, 0.25) is 0 Å². The minimum Gasteiger partial charge on any atom is -0.479 e. The van der Waals surface area contributed by atoms with Gasteiger partial charge in [0.05, 0.1) is 0 Å². The monoisotopic (exact) mass is 260 g/mol. The summed E-state index contributed by atoms with van der Waals surface area (Å²) in [5.74, 6) is -0.798. The number of carbonyl (C=O) groups is 2. The van der Waals surface area contributed by atoms with E-state index in [-0.39, 0.29) is 11.9 Å². The fourth-order valence-corrected chi connectivity index (χ4v) is 3.56. The summed E-state index contributed by atoms with van der Waals surface area (Å²) in [5.41, 5.74) is -0.677. The Bertz CT molecular complexity index is 531. The van der Waals surface area contributed by atoms with Crippen LogP contribution in [0.5, 0.6) is 0 Å². The summed E-state index contributed by atoms with van der Waals surface area (Å²) in [4.78, 5) is 29.6. The van der Waals surface area contributed by atoms with Crippen LogP contribution in [-0.4, -0.2) is 38.4 Å². The molecule has 2 aliphatic heterocycles. The molecule has 3 atom stereocenters. The van der Waals surface area contributed by atoms with Crippen LogP contribution in [0.3, 0.4) is 0 Å². The van der Waals surface area contributed by atoms with E-state index in [2.05, 4.69) is 4.98 Å². The summed E-state index contributed by atoms with van der Waals surface area (Å²) in [7, 11) is 0. The average Bonchev–Trinajstić information content (AvgIpc) is 2.38. The Morgan fingerprint density at radius 3 is 2.84 bits per heavy atom. The van der Waals surface area contributed by atoms with Crippen molar-refractivity contribution in [1.29, 1.82) is 0 Å². The van der Waals surface area contributed by atoms with Crippen LogP contribution in [0, 0.1) is 5.92 Å². The number of carboxylic acid groups (broad SMARTS) is 1. The van der Waals surface area contributed by atoms with Gasteiger partial charge in [0.1, 0.15) is 11.2 Å². The maximum Gasteiger partial charge on any atom is 0.329 e. The number of carboxylic acids is 1. The van der Waals surface area contributed by atoms with Crippen LogP contribution in [0.25, 0.3) is 0 Å². The van der Waals surface area contributed by atoms with Gasteiger partial charge in [-0.2, -0.15) is 0 Å². The van der Waals surface area contributed by atoms with E-state index in [0.717, 1.165) is 6.42 Å². The van der Waals surface area contributed by atoms with Crippen molar-refractivity contribution in [2.45, 2.75) is 37.8 Å². The van der Waals surface area contributed by atoms with Gasteiger partial charge in [-0.05, 0) is 30.9 Å². The fraction of sp³-hybridized carbons (Fsp3) is 0.500. The van der Waals surface area contributed by atoms with Crippen LogP contribution in [-0.2, 0) is 4.79 Å². The number of pyridine rings is 1. The highest BCUT2D eigenvalue weighted by molar-refractivity contribution is 5.98. The number of aliphatic carboxylic acids is 1. The highest BCUT2D eigenvalue weighted by atomic mass is 16.4. The molecule has 3 fully saturated rings. The van der Waals surface area contributed by atoms with E-state index in [1.165, 1.54) is 4.90 Å². The van der Waals surface area contributed by atoms with Gasteiger partial charge in [0.2, 0.25) is 0 Å². The number of nitrogens with zero attached hydrogens (tertiary/aromatic N) is 2. The number of amides is 1. The van der Waals surface area contributed by atoms with Crippen molar-refractivity contribution >= 4 is 11.9 Å². The molecule has 1 aromatic rings. The Labute approximate surface area is 111 Å². The minimum atomic E-state index is -1.00. The Morgan fingerprint density at radius 2 is 2.21 bits per heavy atom. The second kappa shape index (κ2) is 4.05. The van der Waals surface area contributed by atoms with Crippen LogP contribution in [0.1, 0.15) is 36.7 Å². The topological polar surface area (TPSA) is 70.5 Å². The maximum atomic E-state index is 12.5. The van der Waals surface area contributed by atoms with E-state index in [4.69, 9.17) is 0 Å². The molecule has 0 radical (unpaired) electrons. The van der Waals surface area contributed by atoms with Gasteiger partial charge in [-0.15, -0.1) is 0 Å². The Hall–Kier alpha value is -1.91. The van der Waals surface area contributed by atoms with Crippen molar-refractivity contribution in [3.05, 3.63) is 30.1 Å². The lowest BCUT2D eigenvalue weighted by Crippen LogP contribution is -2.74. The summed E-state index contributed by atoms with van der Waals surface area (Å²) in [5, 5.41) is 9.51. The molecule has 1 amide bonds. The van der Waals surface area contributed by atoms with Gasteiger partial charge in [0, 0.05) is 18.7 Å². The molecule has 0 spiro atoms. The quantitative estimate of drug-likeness (QED) is 0.875. The lowest BCUT2D eigenvalue weighted by molar-refractivity contribution is -0.174. The molecule has 1 aliphatic carbocycles. The summed E-state index contributed by atoms with van der Waals surface area (Å²) >= 11 is 0. The number of aromatic nitrogens is 1. The SMILES string of the molecule is CC1CC2CC(C(=O)O)(C1)N2C(=O)c1ccccn1. The first-order valence-electron chi connectivity index (χ1n) is 6.53. The number of hydrogen-bond donors (Lipinski definition) is 1. The second-order valence-electron chi connectivity index (χ2n) is 5.63. The van der Waals surface area contributed by atoms with Gasteiger partial charge in [-0.25, -0.2) is 4.79 Å². The minimum absolute atomic E-state index is 0.0503. The van der Waals surface area contributed by atoms with Crippen molar-refractivity contribution in [3.8, 4) is 0 Å². The van der Waals surface area contributed by atoms with Gasteiger partial charge in [0.15, 0.2) is 0 Å². The van der Waals surface area contributed by atoms with Crippen LogP contribution < -0.4 is 0 Å². The molecule has 0 aromatic carbocycles. The van der Waals surface area contributed by atoms with Crippen LogP contribution in [0.15, 0.2) is 24.4 Å². The Kier molecular flexibility index (Phi) is 2.59. The van der Waals surface area contributed by atoms with E-state index in [1.807, 2.05) is 6.92 Å². The van der Waals surface area contributed by atoms with Gasteiger partial charge < -0.3 is 10.0 Å². The summed E-state index contributed by atoms with van der Waals surface area (Å²) < 4.78 is 0. The van der Waals surface area contributed by atoms with E-state index < -0.39 is 11.5 Å². The van der Waals surface area contributed by atoms with Gasteiger partial charge in [0.25, 0.3) is 5.91 Å². The number of piperidine rings is 1. The maximum absolute atomic E-state index is 12.5. The zero-order valence-electron chi connectivity index (χ0n) is 10.7. The smallest absolute Gasteiger partial charge is 0.329 e. The molecular weight excluding hydrogens is 244 g/mol. The molecule has 3 aliphatic rings. The first-order valence-corrected chi connectivity index (χ1v) is 6.53. The molecule has 2 bridgehead atoms. The van der Waals surface area contributed by atoms with Gasteiger partial charge >= 0.3 is 5.97 Å². The number of carbonyl (C=O) groups excluding carboxylic acids is 1.